The molecule has 1 atom stereocenters. The second kappa shape index (κ2) is 7.04. The quantitative estimate of drug-likeness (QED) is 0.747. The van der Waals surface area contributed by atoms with Crippen LogP contribution in [0.4, 0.5) is 0 Å². The number of imidazole rings is 1. The van der Waals surface area contributed by atoms with E-state index in [0.29, 0.717) is 6.42 Å². The van der Waals surface area contributed by atoms with E-state index in [1.807, 2.05) is 26.0 Å². The Morgan fingerprint density at radius 3 is 2.13 bits per heavy atom. The summed E-state index contributed by atoms with van der Waals surface area (Å²) in [5.41, 5.74) is 0.954. The molecular formula is C15H33N3O2Si3. The van der Waals surface area contributed by atoms with Crippen molar-refractivity contribution in [3.8, 4) is 0 Å². The molecule has 8 heteroatoms. The van der Waals surface area contributed by atoms with Crippen molar-refractivity contribution in [2.45, 2.75) is 71.4 Å². The van der Waals surface area contributed by atoms with Crippen LogP contribution in [0.5, 0.6) is 0 Å². The predicted molar refractivity (Wildman–Crippen MR) is 104 cm³/mol. The van der Waals surface area contributed by atoms with Gasteiger partial charge in [-0.05, 0) is 19.6 Å². The summed E-state index contributed by atoms with van der Waals surface area (Å²) in [5.74, 6) is -0.130. The SMILES string of the molecule is C[Si](C)(C)NC(Cc1cn([Si](C)(C)C)cn1)C(=O)O[Si](C)(C)C. The molecule has 0 bridgehead atoms. The van der Waals surface area contributed by atoms with Crippen molar-refractivity contribution < 1.29 is 9.22 Å². The molecule has 1 heterocycles. The molecule has 0 saturated heterocycles. The smallest absolute Gasteiger partial charge is 0.309 e. The summed E-state index contributed by atoms with van der Waals surface area (Å²) in [4.78, 5) is 20.6. The second-order valence-electron chi connectivity index (χ2n) is 9.13. The van der Waals surface area contributed by atoms with Crippen molar-refractivity contribution in [1.82, 2.24) is 14.2 Å². The lowest BCUT2D eigenvalue weighted by Gasteiger charge is -2.28. The van der Waals surface area contributed by atoms with E-state index in [9.17, 15) is 4.79 Å². The van der Waals surface area contributed by atoms with Crippen LogP contribution in [0, 0.1) is 0 Å². The maximum Gasteiger partial charge on any atom is 0.309 e. The molecule has 0 aliphatic heterocycles. The molecule has 0 aliphatic rings. The van der Waals surface area contributed by atoms with Crippen LogP contribution < -0.4 is 4.98 Å². The van der Waals surface area contributed by atoms with E-state index in [4.69, 9.17) is 4.43 Å². The van der Waals surface area contributed by atoms with Gasteiger partial charge in [-0.1, -0.05) is 39.3 Å². The molecule has 0 saturated carbocycles. The van der Waals surface area contributed by atoms with Gasteiger partial charge in [0.25, 0.3) is 0 Å². The van der Waals surface area contributed by atoms with Crippen LogP contribution >= 0.6 is 0 Å². The summed E-state index contributed by atoms with van der Waals surface area (Å²) in [6.45, 7) is 19.5. The molecule has 0 spiro atoms. The van der Waals surface area contributed by atoms with Crippen molar-refractivity contribution in [3.05, 3.63) is 18.2 Å². The van der Waals surface area contributed by atoms with Gasteiger partial charge in [0.2, 0.25) is 8.32 Å². The Morgan fingerprint density at radius 1 is 1.17 bits per heavy atom. The molecular weight excluding hydrogens is 338 g/mol. The molecule has 0 aliphatic carbocycles. The molecule has 132 valence electrons. The molecule has 1 aromatic rings. The Balaban J connectivity index is 2.93. The Kier molecular flexibility index (Phi) is 6.22. The lowest BCUT2D eigenvalue weighted by Crippen LogP contribution is -2.54. The van der Waals surface area contributed by atoms with Crippen LogP contribution in [0.1, 0.15) is 5.69 Å². The maximum absolute atomic E-state index is 12.6. The molecule has 0 amide bonds. The number of hydrogen-bond acceptors (Lipinski definition) is 4. The van der Waals surface area contributed by atoms with E-state index in [2.05, 4.69) is 59.7 Å². The van der Waals surface area contributed by atoms with Gasteiger partial charge >= 0.3 is 5.97 Å². The number of rotatable bonds is 7. The number of nitrogens with zero attached hydrogens (tertiary/aromatic N) is 2. The summed E-state index contributed by atoms with van der Waals surface area (Å²) in [5, 5.41) is 0. The lowest BCUT2D eigenvalue weighted by atomic mass is 10.2. The highest BCUT2D eigenvalue weighted by Gasteiger charge is 2.31. The highest BCUT2D eigenvalue weighted by atomic mass is 28.4. The van der Waals surface area contributed by atoms with Crippen LogP contribution in [0.2, 0.25) is 58.9 Å². The average molecular weight is 372 g/mol. The zero-order valence-electron chi connectivity index (χ0n) is 16.2. The molecule has 23 heavy (non-hydrogen) atoms. The number of hydrogen-bond donors (Lipinski definition) is 1. The van der Waals surface area contributed by atoms with Gasteiger partial charge in [-0.15, -0.1) is 0 Å². The Bertz CT molecular complexity index is 539. The van der Waals surface area contributed by atoms with E-state index in [1.165, 1.54) is 0 Å². The summed E-state index contributed by atoms with van der Waals surface area (Å²) in [6.07, 6.45) is 4.58. The predicted octanol–water partition coefficient (Wildman–Crippen LogP) is 3.28. The third-order valence-corrected chi connectivity index (χ3v) is 6.94. The van der Waals surface area contributed by atoms with Crippen LogP contribution in [-0.2, 0) is 15.6 Å². The molecule has 1 unspecified atom stereocenters. The van der Waals surface area contributed by atoms with Gasteiger partial charge in [-0.3, -0.25) is 4.79 Å². The maximum atomic E-state index is 12.6. The van der Waals surface area contributed by atoms with Gasteiger partial charge in [0.1, 0.15) is 14.3 Å². The van der Waals surface area contributed by atoms with Crippen molar-refractivity contribution in [3.63, 3.8) is 0 Å². The van der Waals surface area contributed by atoms with E-state index in [-0.39, 0.29) is 12.0 Å². The molecule has 0 aromatic carbocycles. The minimum Gasteiger partial charge on any atom is -0.519 e. The van der Waals surface area contributed by atoms with Gasteiger partial charge in [-0.25, -0.2) is 4.98 Å². The first-order chi connectivity index (χ1) is 10.2. The summed E-state index contributed by atoms with van der Waals surface area (Å²) in [7, 11) is -4.94. The van der Waals surface area contributed by atoms with Gasteiger partial charge in [-0.2, -0.15) is 0 Å². The first kappa shape index (κ1) is 20.3. The van der Waals surface area contributed by atoms with Gasteiger partial charge in [0, 0.05) is 12.6 Å². The fraction of sp³-hybridized carbons (Fsp3) is 0.733. The zero-order chi connectivity index (χ0) is 18.1. The first-order valence-corrected chi connectivity index (χ1v) is 18.6. The van der Waals surface area contributed by atoms with Crippen molar-refractivity contribution in [1.29, 1.82) is 0 Å². The Hall–Kier alpha value is -0.709. The first-order valence-electron chi connectivity index (χ1n) is 8.21. The minimum atomic E-state index is -1.89. The molecule has 0 fully saturated rings. The van der Waals surface area contributed by atoms with Crippen LogP contribution in [-0.4, -0.2) is 46.0 Å². The lowest BCUT2D eigenvalue weighted by molar-refractivity contribution is -0.137. The number of carbonyl (C=O) groups excluding carboxylic acids is 1. The monoisotopic (exact) mass is 371 g/mol. The largest absolute Gasteiger partial charge is 0.519 e. The molecule has 5 nitrogen and oxygen atoms in total. The Morgan fingerprint density at radius 2 is 1.74 bits per heavy atom. The number of nitrogens with one attached hydrogen (secondary N) is 1. The van der Waals surface area contributed by atoms with Gasteiger partial charge < -0.3 is 13.6 Å². The van der Waals surface area contributed by atoms with Crippen molar-refractivity contribution >= 4 is 30.8 Å². The third-order valence-electron chi connectivity index (χ3n) is 3.12. The fourth-order valence-electron chi connectivity index (χ4n) is 2.13. The molecule has 1 aromatic heterocycles. The summed E-state index contributed by atoms with van der Waals surface area (Å²) >= 11 is 0. The van der Waals surface area contributed by atoms with E-state index in [1.54, 1.807) is 0 Å². The fourth-order valence-corrected chi connectivity index (χ4v) is 5.09. The summed E-state index contributed by atoms with van der Waals surface area (Å²) in [6, 6.07) is -0.307. The van der Waals surface area contributed by atoms with Crippen molar-refractivity contribution in [2.75, 3.05) is 0 Å². The van der Waals surface area contributed by atoms with Crippen LogP contribution in [0.3, 0.4) is 0 Å². The van der Waals surface area contributed by atoms with Crippen LogP contribution in [0.25, 0.3) is 0 Å². The minimum absolute atomic E-state index is 0.130. The highest BCUT2D eigenvalue weighted by Crippen LogP contribution is 2.13. The van der Waals surface area contributed by atoms with E-state index in [0.717, 1.165) is 5.69 Å². The highest BCUT2D eigenvalue weighted by molar-refractivity contribution is 6.74. The molecule has 1 rings (SSSR count). The second-order valence-corrected chi connectivity index (χ2v) is 23.2. The topological polar surface area (TPSA) is 56.2 Å². The number of carbonyl (C=O) groups is 1. The Labute approximate surface area is 144 Å². The average Bonchev–Trinajstić information content (AvgIpc) is 2.72. The third kappa shape index (κ3) is 7.60. The molecule has 1 N–H and O–H groups in total. The number of aromatic nitrogens is 2. The summed E-state index contributed by atoms with van der Waals surface area (Å²) < 4.78 is 7.95. The van der Waals surface area contributed by atoms with Gasteiger partial charge in [0.15, 0.2) is 8.24 Å². The van der Waals surface area contributed by atoms with Crippen molar-refractivity contribution in [2.24, 2.45) is 0 Å². The van der Waals surface area contributed by atoms with Gasteiger partial charge in [0.05, 0.1) is 12.0 Å². The zero-order valence-corrected chi connectivity index (χ0v) is 19.2. The normalized spacial score (nSPS) is 14.7. The van der Waals surface area contributed by atoms with Crippen LogP contribution in [0.15, 0.2) is 12.5 Å². The van der Waals surface area contributed by atoms with E-state index >= 15 is 0 Å². The standard InChI is InChI=1S/C15H33N3O2Si3/c1-21(2,3)17-14(15(19)20-23(7,8)9)10-13-11-18(12-16-13)22(4,5)6/h11-12,14,17H,10H2,1-9H3. The van der Waals surface area contributed by atoms with E-state index < -0.39 is 24.8 Å². The molecule has 0 radical (unpaired) electrons.